The molecule has 0 atom stereocenters. The highest BCUT2D eigenvalue weighted by atomic mass is 32.2. The van der Waals surface area contributed by atoms with Crippen LogP contribution in [-0.4, -0.2) is 54.6 Å². The van der Waals surface area contributed by atoms with Crippen LogP contribution in [0.15, 0.2) is 24.3 Å². The van der Waals surface area contributed by atoms with Crippen molar-refractivity contribution in [1.29, 1.82) is 0 Å². The van der Waals surface area contributed by atoms with Crippen molar-refractivity contribution in [3.8, 4) is 5.75 Å². The standard InChI is InChI=1S/C19H28N2O.CHF3O3S/c1-3-5-10-21-11-8-15(9-12-21)19-14-16-13-17(22-4-2)6-7-18(16)20-19;2-1(3,4)8(5,6)7/h6-7,13-15,20H,3-5,8-12H2,1-2H3;(H,5,6,7). The Labute approximate surface area is 175 Å². The number of aromatic amines is 1. The molecule has 0 unspecified atom stereocenters. The maximum Gasteiger partial charge on any atom is 0.522 e. The van der Waals surface area contributed by atoms with E-state index >= 15 is 0 Å². The van der Waals surface area contributed by atoms with Gasteiger partial charge in [-0.1, -0.05) is 13.3 Å². The van der Waals surface area contributed by atoms with Crippen molar-refractivity contribution < 1.29 is 30.9 Å². The molecule has 1 saturated heterocycles. The van der Waals surface area contributed by atoms with Crippen LogP contribution in [0.3, 0.4) is 0 Å². The number of nitrogens with zero attached hydrogens (tertiary/aromatic N) is 1. The third kappa shape index (κ3) is 6.88. The zero-order chi connectivity index (χ0) is 22.4. The van der Waals surface area contributed by atoms with Gasteiger partial charge in [-0.15, -0.1) is 0 Å². The second-order valence-electron chi connectivity index (χ2n) is 7.30. The molecular weight excluding hydrogens is 421 g/mol. The van der Waals surface area contributed by atoms with Crippen LogP contribution in [0.5, 0.6) is 5.75 Å². The number of unbranched alkanes of at least 4 members (excludes halogenated alkanes) is 1. The lowest BCUT2D eigenvalue weighted by molar-refractivity contribution is -0.0510. The maximum atomic E-state index is 10.7. The Hall–Kier alpha value is -1.78. The minimum absolute atomic E-state index is 0.681. The van der Waals surface area contributed by atoms with Crippen LogP contribution in [0, 0.1) is 0 Å². The second-order valence-corrected chi connectivity index (χ2v) is 8.71. The SMILES string of the molecule is CCCCN1CCC(c2cc3cc(OCC)ccc3[nH]2)CC1.O=S(=O)(O)C(F)(F)F. The van der Waals surface area contributed by atoms with Gasteiger partial charge in [0.05, 0.1) is 6.61 Å². The van der Waals surface area contributed by atoms with Gasteiger partial charge in [0.15, 0.2) is 0 Å². The minimum Gasteiger partial charge on any atom is -0.494 e. The van der Waals surface area contributed by atoms with Gasteiger partial charge >= 0.3 is 15.6 Å². The number of hydrogen-bond acceptors (Lipinski definition) is 4. The molecule has 2 N–H and O–H groups in total. The topological polar surface area (TPSA) is 82.6 Å². The smallest absolute Gasteiger partial charge is 0.494 e. The number of benzene rings is 1. The van der Waals surface area contributed by atoms with E-state index in [0.717, 1.165) is 12.4 Å². The summed E-state index contributed by atoms with van der Waals surface area (Å²) in [4.78, 5) is 6.24. The molecule has 30 heavy (non-hydrogen) atoms. The molecule has 0 bridgehead atoms. The average Bonchev–Trinajstić information content (AvgIpc) is 3.09. The predicted molar refractivity (Wildman–Crippen MR) is 110 cm³/mol. The van der Waals surface area contributed by atoms with Gasteiger partial charge in [-0.3, -0.25) is 4.55 Å². The Morgan fingerprint density at radius 3 is 2.37 bits per heavy atom. The number of alkyl halides is 3. The number of halogens is 3. The summed E-state index contributed by atoms with van der Waals surface area (Å²) >= 11 is 0. The van der Waals surface area contributed by atoms with Crippen molar-refractivity contribution in [3.05, 3.63) is 30.0 Å². The fourth-order valence-electron chi connectivity index (χ4n) is 3.46. The van der Waals surface area contributed by atoms with E-state index in [2.05, 4.69) is 41.1 Å². The number of nitrogens with one attached hydrogen (secondary N) is 1. The van der Waals surface area contributed by atoms with Crippen LogP contribution < -0.4 is 4.74 Å². The van der Waals surface area contributed by atoms with E-state index in [-0.39, 0.29) is 0 Å². The largest absolute Gasteiger partial charge is 0.522 e. The number of likely N-dealkylation sites (tertiary alicyclic amines) is 1. The number of ether oxygens (including phenoxy) is 1. The minimum atomic E-state index is -5.84. The summed E-state index contributed by atoms with van der Waals surface area (Å²) in [6.45, 7) is 8.77. The molecule has 0 spiro atoms. The van der Waals surface area contributed by atoms with E-state index in [0.29, 0.717) is 5.92 Å². The molecule has 1 aliphatic heterocycles. The Balaban J connectivity index is 0.000000343. The third-order valence-electron chi connectivity index (χ3n) is 5.07. The fraction of sp³-hybridized carbons (Fsp3) is 0.600. The van der Waals surface area contributed by atoms with Gasteiger partial charge in [0, 0.05) is 22.5 Å². The highest BCUT2D eigenvalue weighted by Gasteiger charge is 2.44. The van der Waals surface area contributed by atoms with Crippen molar-refractivity contribution in [2.24, 2.45) is 0 Å². The molecule has 6 nitrogen and oxygen atoms in total. The molecule has 10 heteroatoms. The molecule has 0 aliphatic carbocycles. The van der Waals surface area contributed by atoms with E-state index in [9.17, 15) is 13.2 Å². The Morgan fingerprint density at radius 1 is 1.20 bits per heavy atom. The van der Waals surface area contributed by atoms with Crippen molar-refractivity contribution in [3.63, 3.8) is 0 Å². The quantitative estimate of drug-likeness (QED) is 0.481. The first-order valence-electron chi connectivity index (χ1n) is 10.1. The molecule has 0 radical (unpaired) electrons. The summed E-state index contributed by atoms with van der Waals surface area (Å²) in [6.07, 6.45) is 5.17. The van der Waals surface area contributed by atoms with Crippen molar-refractivity contribution >= 4 is 21.0 Å². The van der Waals surface area contributed by atoms with E-state index < -0.39 is 15.6 Å². The molecule has 1 fully saturated rings. The van der Waals surface area contributed by atoms with Gasteiger partial charge in [0.1, 0.15) is 5.75 Å². The maximum absolute atomic E-state index is 10.7. The van der Waals surface area contributed by atoms with E-state index in [1.807, 2.05) is 6.92 Å². The van der Waals surface area contributed by atoms with E-state index in [1.54, 1.807) is 0 Å². The molecule has 1 aliphatic rings. The highest BCUT2D eigenvalue weighted by molar-refractivity contribution is 7.86. The van der Waals surface area contributed by atoms with Crippen LogP contribution in [0.2, 0.25) is 0 Å². The summed E-state index contributed by atoms with van der Waals surface area (Å²) in [7, 11) is -5.84. The monoisotopic (exact) mass is 450 g/mol. The summed E-state index contributed by atoms with van der Waals surface area (Å²) in [5.41, 5.74) is -2.90. The molecular formula is C20H29F3N2O4S. The number of fused-ring (bicyclic) bond motifs is 1. The van der Waals surface area contributed by atoms with Crippen LogP contribution in [0.25, 0.3) is 10.9 Å². The molecule has 3 rings (SSSR count). The van der Waals surface area contributed by atoms with Gasteiger partial charge in [0.2, 0.25) is 0 Å². The zero-order valence-electron chi connectivity index (χ0n) is 17.2. The van der Waals surface area contributed by atoms with Crippen molar-refractivity contribution in [1.82, 2.24) is 9.88 Å². The lowest BCUT2D eigenvalue weighted by atomic mass is 9.93. The second kappa shape index (κ2) is 10.5. The molecule has 0 saturated carbocycles. The van der Waals surface area contributed by atoms with Crippen LogP contribution in [0.4, 0.5) is 13.2 Å². The Kier molecular flexibility index (Phi) is 8.57. The van der Waals surface area contributed by atoms with Crippen molar-refractivity contribution in [2.75, 3.05) is 26.2 Å². The van der Waals surface area contributed by atoms with Crippen molar-refractivity contribution in [2.45, 2.75) is 51.0 Å². The van der Waals surface area contributed by atoms with Gasteiger partial charge in [-0.05, 0) is 70.1 Å². The zero-order valence-corrected chi connectivity index (χ0v) is 18.0. The fourth-order valence-corrected chi connectivity index (χ4v) is 3.46. The van der Waals surface area contributed by atoms with Crippen LogP contribution in [-0.2, 0) is 10.1 Å². The molecule has 0 amide bonds. The normalized spacial score (nSPS) is 16.3. The molecule has 2 heterocycles. The number of hydrogen-bond donors (Lipinski definition) is 2. The number of piperidine rings is 1. The number of aromatic nitrogens is 1. The first-order chi connectivity index (χ1) is 14.0. The van der Waals surface area contributed by atoms with Gasteiger partial charge in [0.25, 0.3) is 0 Å². The summed E-state index contributed by atoms with van der Waals surface area (Å²) < 4.78 is 63.1. The molecule has 1 aromatic carbocycles. The Bertz CT molecular complexity index is 904. The first-order valence-corrected chi connectivity index (χ1v) is 11.5. The Morgan fingerprint density at radius 2 is 1.83 bits per heavy atom. The average molecular weight is 451 g/mol. The number of rotatable bonds is 6. The van der Waals surface area contributed by atoms with Gasteiger partial charge in [-0.2, -0.15) is 21.6 Å². The van der Waals surface area contributed by atoms with Crippen LogP contribution in [0.1, 0.15) is 51.1 Å². The van der Waals surface area contributed by atoms with Gasteiger partial charge < -0.3 is 14.6 Å². The lowest BCUT2D eigenvalue weighted by Crippen LogP contribution is -2.33. The van der Waals surface area contributed by atoms with E-state index in [1.165, 1.54) is 61.9 Å². The van der Waals surface area contributed by atoms with E-state index in [4.69, 9.17) is 17.7 Å². The number of H-pyrrole nitrogens is 1. The molecule has 1 aromatic heterocycles. The molecule has 2 aromatic rings. The summed E-state index contributed by atoms with van der Waals surface area (Å²) in [5, 5.41) is 1.27. The lowest BCUT2D eigenvalue weighted by Gasteiger charge is -2.31. The molecule has 170 valence electrons. The van der Waals surface area contributed by atoms with Gasteiger partial charge in [-0.25, -0.2) is 0 Å². The predicted octanol–water partition coefficient (Wildman–Crippen LogP) is 4.94. The van der Waals surface area contributed by atoms with Crippen LogP contribution >= 0.6 is 0 Å². The highest BCUT2D eigenvalue weighted by Crippen LogP contribution is 2.31. The summed E-state index contributed by atoms with van der Waals surface area (Å²) in [6, 6.07) is 8.67. The third-order valence-corrected chi connectivity index (χ3v) is 5.66. The summed E-state index contributed by atoms with van der Waals surface area (Å²) in [5.74, 6) is 1.65. The first kappa shape index (κ1) is 24.5.